The van der Waals surface area contributed by atoms with Crippen LogP contribution in [0.25, 0.3) is 0 Å². The second kappa shape index (κ2) is 4.50. The third kappa shape index (κ3) is 1.99. The molecule has 0 bridgehead atoms. The van der Waals surface area contributed by atoms with Gasteiger partial charge in [0.1, 0.15) is 5.84 Å². The highest BCUT2D eigenvalue weighted by Crippen LogP contribution is 2.30. The zero-order valence-corrected chi connectivity index (χ0v) is 9.93. The topological polar surface area (TPSA) is 89.2 Å². The molecule has 0 fully saturated rings. The van der Waals surface area contributed by atoms with Gasteiger partial charge in [-0.05, 0) is 19.1 Å². The molecule has 90 valence electrons. The molecule has 1 unspecified atom stereocenters. The van der Waals surface area contributed by atoms with E-state index in [4.69, 9.17) is 28.0 Å². The molecule has 1 atom stereocenters. The fourth-order valence-electron chi connectivity index (χ4n) is 1.58. The standard InChI is InChI=1S/C10H12ClN5O/c1-6-15-17-10(9(12)14-13)16(6)8-5-3-2-4-7(8)11/h2-5,10H,13H2,1H3,(H2,12,14). The van der Waals surface area contributed by atoms with Crippen molar-refractivity contribution in [2.45, 2.75) is 13.2 Å². The number of hydrogen-bond donors (Lipinski definition) is 2. The Kier molecular flexibility index (Phi) is 3.06. The minimum absolute atomic E-state index is 0.130. The van der Waals surface area contributed by atoms with Gasteiger partial charge in [-0.2, -0.15) is 5.10 Å². The smallest absolute Gasteiger partial charge is 0.264 e. The average molecular weight is 254 g/mol. The van der Waals surface area contributed by atoms with E-state index in [0.717, 1.165) is 5.69 Å². The minimum Gasteiger partial charge on any atom is -0.381 e. The Morgan fingerprint density at radius 3 is 2.88 bits per heavy atom. The van der Waals surface area contributed by atoms with E-state index in [1.54, 1.807) is 17.9 Å². The Hall–Kier alpha value is -1.95. The van der Waals surface area contributed by atoms with Crippen molar-refractivity contribution in [2.24, 2.45) is 21.8 Å². The van der Waals surface area contributed by atoms with Crippen LogP contribution in [0.2, 0.25) is 5.02 Å². The number of anilines is 1. The molecule has 0 aliphatic carbocycles. The van der Waals surface area contributed by atoms with Crippen LogP contribution >= 0.6 is 11.6 Å². The molecular formula is C10H12ClN5O. The predicted octanol–water partition coefficient (Wildman–Crippen LogP) is 1.07. The van der Waals surface area contributed by atoms with Crippen molar-refractivity contribution >= 4 is 29.0 Å². The highest BCUT2D eigenvalue weighted by atomic mass is 35.5. The monoisotopic (exact) mass is 253 g/mol. The Morgan fingerprint density at radius 1 is 1.53 bits per heavy atom. The maximum Gasteiger partial charge on any atom is 0.264 e. The van der Waals surface area contributed by atoms with Crippen molar-refractivity contribution in [2.75, 3.05) is 4.90 Å². The quantitative estimate of drug-likeness (QED) is 0.357. The van der Waals surface area contributed by atoms with Crippen LogP contribution in [0.3, 0.4) is 0 Å². The van der Waals surface area contributed by atoms with Gasteiger partial charge in [-0.3, -0.25) is 4.90 Å². The first-order valence-corrected chi connectivity index (χ1v) is 5.30. The van der Waals surface area contributed by atoms with E-state index in [2.05, 4.69) is 10.3 Å². The number of halogens is 1. The van der Waals surface area contributed by atoms with Gasteiger partial charge in [-0.25, -0.2) is 0 Å². The SMILES string of the molecule is CC1=NOC(C(N)=NN)N1c1ccccc1Cl. The summed E-state index contributed by atoms with van der Waals surface area (Å²) in [6.45, 7) is 1.78. The summed E-state index contributed by atoms with van der Waals surface area (Å²) in [6.07, 6.45) is -0.653. The van der Waals surface area contributed by atoms with Crippen LogP contribution in [-0.4, -0.2) is 17.9 Å². The van der Waals surface area contributed by atoms with Gasteiger partial charge in [0.25, 0.3) is 6.23 Å². The summed E-state index contributed by atoms with van der Waals surface area (Å²) in [5.41, 5.74) is 6.40. The van der Waals surface area contributed by atoms with Crippen LogP contribution in [0, 0.1) is 0 Å². The summed E-state index contributed by atoms with van der Waals surface area (Å²) in [5.74, 6) is 5.91. The lowest BCUT2D eigenvalue weighted by molar-refractivity contribution is 0.132. The lowest BCUT2D eigenvalue weighted by Crippen LogP contribution is -2.45. The third-order valence-corrected chi connectivity index (χ3v) is 2.70. The van der Waals surface area contributed by atoms with Gasteiger partial charge in [-0.15, -0.1) is 0 Å². The van der Waals surface area contributed by atoms with Gasteiger partial charge in [-0.1, -0.05) is 28.9 Å². The molecule has 0 radical (unpaired) electrons. The summed E-state index contributed by atoms with van der Waals surface area (Å²) in [7, 11) is 0. The van der Waals surface area contributed by atoms with Crippen LogP contribution < -0.4 is 16.5 Å². The molecular weight excluding hydrogens is 242 g/mol. The van der Waals surface area contributed by atoms with Crippen LogP contribution in [-0.2, 0) is 4.84 Å². The molecule has 2 rings (SSSR count). The first-order chi connectivity index (χ1) is 8.15. The number of oxime groups is 1. The van der Waals surface area contributed by atoms with Gasteiger partial charge < -0.3 is 16.4 Å². The lowest BCUT2D eigenvalue weighted by atomic mass is 10.2. The largest absolute Gasteiger partial charge is 0.381 e. The van der Waals surface area contributed by atoms with Crippen molar-refractivity contribution in [1.82, 2.24) is 0 Å². The van der Waals surface area contributed by atoms with Gasteiger partial charge >= 0.3 is 0 Å². The predicted molar refractivity (Wildman–Crippen MR) is 67.7 cm³/mol. The maximum absolute atomic E-state index is 6.12. The van der Waals surface area contributed by atoms with Crippen molar-refractivity contribution in [1.29, 1.82) is 0 Å². The summed E-state index contributed by atoms with van der Waals surface area (Å²) < 4.78 is 0. The zero-order chi connectivity index (χ0) is 12.4. The molecule has 1 aliphatic heterocycles. The highest BCUT2D eigenvalue weighted by molar-refractivity contribution is 6.34. The number of benzene rings is 1. The molecule has 6 nitrogen and oxygen atoms in total. The van der Waals surface area contributed by atoms with Gasteiger partial charge in [0.15, 0.2) is 5.84 Å². The molecule has 17 heavy (non-hydrogen) atoms. The number of para-hydroxylation sites is 1. The number of nitrogens with two attached hydrogens (primary N) is 2. The summed E-state index contributed by atoms with van der Waals surface area (Å²) >= 11 is 6.12. The number of nitrogens with zero attached hydrogens (tertiary/aromatic N) is 3. The second-order valence-corrected chi connectivity index (χ2v) is 3.88. The molecule has 0 aromatic heterocycles. The van der Waals surface area contributed by atoms with Gasteiger partial charge in [0.05, 0.1) is 10.7 Å². The van der Waals surface area contributed by atoms with Crippen molar-refractivity contribution in [3.05, 3.63) is 29.3 Å². The average Bonchev–Trinajstić information content (AvgIpc) is 2.71. The lowest BCUT2D eigenvalue weighted by Gasteiger charge is -2.24. The number of rotatable bonds is 2. The molecule has 0 amide bonds. The molecule has 0 saturated carbocycles. The van der Waals surface area contributed by atoms with E-state index in [0.29, 0.717) is 10.9 Å². The Labute approximate surface area is 103 Å². The molecule has 1 heterocycles. The Morgan fingerprint density at radius 2 is 2.24 bits per heavy atom. The summed E-state index contributed by atoms with van der Waals surface area (Å²) in [6, 6.07) is 7.31. The van der Waals surface area contributed by atoms with Crippen LogP contribution in [0.15, 0.2) is 34.5 Å². The van der Waals surface area contributed by atoms with Crippen LogP contribution in [0.5, 0.6) is 0 Å². The van der Waals surface area contributed by atoms with E-state index in [9.17, 15) is 0 Å². The molecule has 0 saturated heterocycles. The fourth-order valence-corrected chi connectivity index (χ4v) is 1.81. The van der Waals surface area contributed by atoms with E-state index in [-0.39, 0.29) is 5.84 Å². The molecule has 1 aliphatic rings. The number of hydrazone groups is 1. The number of hydrogen-bond acceptors (Lipinski definition) is 5. The molecule has 1 aromatic carbocycles. The molecule has 0 spiro atoms. The Balaban J connectivity index is 2.41. The molecule has 1 aromatic rings. The van der Waals surface area contributed by atoms with E-state index in [1.807, 2.05) is 18.2 Å². The first-order valence-electron chi connectivity index (χ1n) is 4.92. The van der Waals surface area contributed by atoms with Crippen LogP contribution in [0.1, 0.15) is 6.92 Å². The number of amidine groups is 2. The Bertz CT molecular complexity index is 487. The van der Waals surface area contributed by atoms with Gasteiger partial charge in [0, 0.05) is 0 Å². The summed E-state index contributed by atoms with van der Waals surface area (Å²) in [4.78, 5) is 6.89. The van der Waals surface area contributed by atoms with Crippen molar-refractivity contribution in [3.63, 3.8) is 0 Å². The van der Waals surface area contributed by atoms with Crippen molar-refractivity contribution < 1.29 is 4.84 Å². The van der Waals surface area contributed by atoms with E-state index < -0.39 is 6.23 Å². The van der Waals surface area contributed by atoms with Crippen molar-refractivity contribution in [3.8, 4) is 0 Å². The van der Waals surface area contributed by atoms with Crippen LogP contribution in [0.4, 0.5) is 5.69 Å². The zero-order valence-electron chi connectivity index (χ0n) is 9.17. The minimum atomic E-state index is -0.653. The summed E-state index contributed by atoms with van der Waals surface area (Å²) in [5, 5.41) is 7.85. The fraction of sp³-hybridized carbons (Fsp3) is 0.200. The third-order valence-electron chi connectivity index (χ3n) is 2.38. The van der Waals surface area contributed by atoms with E-state index >= 15 is 0 Å². The molecule has 4 N–H and O–H groups in total. The maximum atomic E-state index is 6.12. The molecule has 7 heteroatoms. The van der Waals surface area contributed by atoms with E-state index in [1.165, 1.54) is 0 Å². The normalized spacial score (nSPS) is 20.1. The van der Waals surface area contributed by atoms with Gasteiger partial charge in [0.2, 0.25) is 0 Å². The second-order valence-electron chi connectivity index (χ2n) is 3.47. The highest BCUT2D eigenvalue weighted by Gasteiger charge is 2.33. The first kappa shape index (κ1) is 11.5.